The van der Waals surface area contributed by atoms with Gasteiger partial charge in [0.1, 0.15) is 18.1 Å². The van der Waals surface area contributed by atoms with Crippen molar-refractivity contribution in [2.45, 2.75) is 33.6 Å². The third-order valence-electron chi connectivity index (χ3n) is 9.40. The molecule has 59 heavy (non-hydrogen) atoms. The number of hydrogen-bond donors (Lipinski definition) is 2. The van der Waals surface area contributed by atoms with Gasteiger partial charge in [-0.05, 0) is 61.9 Å². The Kier molecular flexibility index (Phi) is 12.0. The molecule has 0 atom stereocenters. The molecule has 3 aromatic carbocycles. The number of pyridine rings is 3. The van der Waals surface area contributed by atoms with Crippen LogP contribution in [0, 0.1) is 5.82 Å². The van der Waals surface area contributed by atoms with E-state index in [2.05, 4.69) is 20.4 Å². The number of aromatic amines is 1. The Morgan fingerprint density at radius 2 is 1.61 bits per heavy atom. The minimum absolute atomic E-state index is 0.0190. The van der Waals surface area contributed by atoms with Crippen LogP contribution in [0.15, 0.2) is 113 Å². The third kappa shape index (κ3) is 8.09. The van der Waals surface area contributed by atoms with Crippen LogP contribution in [0.5, 0.6) is 11.5 Å². The molecule has 4 heterocycles. The second kappa shape index (κ2) is 17.8. The third-order valence-corrected chi connectivity index (χ3v) is 9.40. The van der Waals surface area contributed by atoms with Crippen LogP contribution in [-0.2, 0) is 29.2 Å². The number of aromatic nitrogens is 6. The summed E-state index contributed by atoms with van der Waals surface area (Å²) in [7, 11) is 2.93. The van der Waals surface area contributed by atoms with Crippen LogP contribution in [0.4, 0.5) is 10.1 Å². The number of benzene rings is 3. The molecule has 1 amide bonds. The van der Waals surface area contributed by atoms with Crippen molar-refractivity contribution in [3.05, 3.63) is 153 Å². The molecule has 2 N–H and O–H groups in total. The van der Waals surface area contributed by atoms with Crippen molar-refractivity contribution < 1.29 is 28.1 Å². The summed E-state index contributed by atoms with van der Waals surface area (Å²) in [6.45, 7) is 4.13. The number of fused-ring (bicyclic) bond motifs is 1. The van der Waals surface area contributed by atoms with E-state index < -0.39 is 28.8 Å². The molecule has 0 bridgehead atoms. The van der Waals surface area contributed by atoms with Crippen LogP contribution in [0.25, 0.3) is 45.2 Å². The minimum atomic E-state index is -1.10. The second-order valence-electron chi connectivity index (χ2n) is 13.0. The van der Waals surface area contributed by atoms with Crippen molar-refractivity contribution in [3.8, 4) is 39.7 Å². The Bertz CT molecular complexity index is 2800. The predicted octanol–water partition coefficient (Wildman–Crippen LogP) is 7.15. The monoisotopic (exact) mass is 797 g/mol. The van der Waals surface area contributed by atoms with E-state index in [1.165, 1.54) is 43.4 Å². The first-order valence-corrected chi connectivity index (χ1v) is 18.7. The average molecular weight is 798 g/mol. The first-order chi connectivity index (χ1) is 28.8. The summed E-state index contributed by atoms with van der Waals surface area (Å²) >= 11 is 0. The number of hydrogen-bond acceptors (Lipinski definition) is 10. The van der Waals surface area contributed by atoms with Gasteiger partial charge in [0.05, 0.1) is 67.2 Å². The molecule has 300 valence electrons. The number of rotatable bonds is 15. The van der Waals surface area contributed by atoms with Gasteiger partial charge in [-0.15, -0.1) is 5.10 Å². The Hall–Kier alpha value is -7.39. The molecular weight excluding hydrogens is 758 g/mol. The van der Waals surface area contributed by atoms with E-state index in [1.807, 2.05) is 30.3 Å². The first-order valence-electron chi connectivity index (χ1n) is 18.7. The van der Waals surface area contributed by atoms with E-state index in [-0.39, 0.29) is 71.3 Å². The molecule has 0 unspecified atom stereocenters. The van der Waals surface area contributed by atoms with Gasteiger partial charge in [0, 0.05) is 29.4 Å². The fraction of sp³-hybridized carbons (Fsp3) is 0.182. The molecule has 15 heteroatoms. The zero-order chi connectivity index (χ0) is 41.5. The average Bonchev–Trinajstić information content (AvgIpc) is 3.58. The zero-order valence-electron chi connectivity index (χ0n) is 32.7. The summed E-state index contributed by atoms with van der Waals surface area (Å²) in [6, 6.07) is 26.2. The highest BCUT2D eigenvalue weighted by atomic mass is 19.1. The second-order valence-corrected chi connectivity index (χ2v) is 13.0. The molecule has 4 aromatic heterocycles. The Morgan fingerprint density at radius 3 is 2.36 bits per heavy atom. The Balaban J connectivity index is 1.54. The van der Waals surface area contributed by atoms with Crippen molar-refractivity contribution in [1.82, 2.24) is 29.3 Å². The van der Waals surface area contributed by atoms with E-state index in [0.717, 1.165) is 10.2 Å². The Labute approximate surface area is 337 Å². The van der Waals surface area contributed by atoms with Crippen molar-refractivity contribution in [2.24, 2.45) is 0 Å². The number of nitrogens with zero attached hydrogens (tertiary/aromatic N) is 5. The van der Waals surface area contributed by atoms with Gasteiger partial charge in [-0.2, -0.15) is 4.68 Å². The fourth-order valence-corrected chi connectivity index (χ4v) is 6.63. The summed E-state index contributed by atoms with van der Waals surface area (Å²) in [5, 5.41) is 7.47. The number of anilines is 1. The van der Waals surface area contributed by atoms with Crippen molar-refractivity contribution in [1.29, 1.82) is 0 Å². The zero-order valence-corrected chi connectivity index (χ0v) is 32.7. The number of methoxy groups -OCH3 is 2. The molecule has 7 aromatic rings. The van der Waals surface area contributed by atoms with Crippen molar-refractivity contribution >= 4 is 28.6 Å². The highest BCUT2D eigenvalue weighted by Crippen LogP contribution is 2.42. The largest absolute Gasteiger partial charge is 0.501 e. The van der Waals surface area contributed by atoms with Gasteiger partial charge < -0.3 is 29.2 Å². The summed E-state index contributed by atoms with van der Waals surface area (Å²) in [5.41, 5.74) is 0.200. The lowest BCUT2D eigenvalue weighted by Gasteiger charge is -2.20. The van der Waals surface area contributed by atoms with Gasteiger partial charge in [-0.1, -0.05) is 54.6 Å². The maximum absolute atomic E-state index is 18.1. The quantitative estimate of drug-likeness (QED) is 0.102. The predicted molar refractivity (Wildman–Crippen MR) is 221 cm³/mol. The van der Waals surface area contributed by atoms with E-state index in [4.69, 9.17) is 23.9 Å². The normalized spacial score (nSPS) is 11.3. The van der Waals surface area contributed by atoms with Gasteiger partial charge in [0.15, 0.2) is 17.5 Å². The minimum Gasteiger partial charge on any atom is -0.501 e. The summed E-state index contributed by atoms with van der Waals surface area (Å²) in [4.78, 5) is 54.4. The highest BCUT2D eigenvalue weighted by Gasteiger charge is 2.31. The summed E-state index contributed by atoms with van der Waals surface area (Å²) in [6.07, 6.45) is 4.16. The molecular formula is C44H40FN7O7. The van der Waals surface area contributed by atoms with E-state index in [0.29, 0.717) is 22.6 Å². The van der Waals surface area contributed by atoms with Gasteiger partial charge >= 0.3 is 5.69 Å². The lowest BCUT2D eigenvalue weighted by atomic mass is 9.92. The molecule has 7 rings (SSSR count). The van der Waals surface area contributed by atoms with E-state index in [9.17, 15) is 14.4 Å². The number of carbonyl (C=O) groups excluding carboxylic acids is 1. The van der Waals surface area contributed by atoms with Crippen molar-refractivity contribution in [3.63, 3.8) is 0 Å². The summed E-state index contributed by atoms with van der Waals surface area (Å²) < 4.78 is 43.0. The number of carbonyl (C=O) groups is 1. The highest BCUT2D eigenvalue weighted by molar-refractivity contribution is 6.13. The van der Waals surface area contributed by atoms with Gasteiger partial charge in [0.2, 0.25) is 0 Å². The molecule has 0 saturated heterocycles. The van der Waals surface area contributed by atoms with Crippen LogP contribution < -0.4 is 26.0 Å². The molecule has 0 fully saturated rings. The van der Waals surface area contributed by atoms with Crippen LogP contribution in [-0.4, -0.2) is 56.0 Å². The molecule has 0 aliphatic carbocycles. The van der Waals surface area contributed by atoms with Crippen molar-refractivity contribution in [2.75, 3.05) is 26.1 Å². The molecule has 14 nitrogen and oxygen atoms in total. The van der Waals surface area contributed by atoms with Gasteiger partial charge in [-0.25, -0.2) is 19.2 Å². The smallest absolute Gasteiger partial charge is 0.352 e. The number of nitrogens with one attached hydrogen (secondary N) is 2. The Morgan fingerprint density at radius 1 is 0.881 bits per heavy atom. The molecule has 0 aliphatic heterocycles. The van der Waals surface area contributed by atoms with Gasteiger partial charge in [0.25, 0.3) is 11.5 Å². The van der Waals surface area contributed by atoms with Crippen LogP contribution in [0.3, 0.4) is 0 Å². The number of H-pyrrole nitrogens is 1. The number of ether oxygens (including phenoxy) is 4. The molecule has 0 saturated carbocycles. The molecule has 0 spiro atoms. The maximum atomic E-state index is 18.1. The van der Waals surface area contributed by atoms with E-state index >= 15 is 4.39 Å². The molecule has 0 radical (unpaired) electrons. The standard InChI is InChI=1S/C44H40FN7O7/c1-5-51-36(26-59-25-27-14-8-7-9-15-27)50-52(44(51)55)41-39(45)37(38(33(48-41)21-23-58-6-2)43(54)49-32-17-11-13-19-35(32)57-4)30-24-29-31(20-22-46-42(29)53)47-40(30)28-16-10-12-18-34(28)56-3/h7-24H,5-6,25-26H2,1-4H3,(H,46,53)(H,49,54)/b23-21-. The topological polar surface area (TPSA) is 164 Å². The molecule has 0 aliphatic rings. The fourth-order valence-electron chi connectivity index (χ4n) is 6.63. The maximum Gasteiger partial charge on any atom is 0.352 e. The first kappa shape index (κ1) is 39.8. The SMILES string of the molecule is CCO/C=C\c1nc(-n2nc(COCc3ccccc3)n(CC)c2=O)c(F)c(-c2cc3c(=O)[nH]ccc3nc2-c2ccccc2OC)c1C(=O)Nc1ccccc1OC. The lowest BCUT2D eigenvalue weighted by Crippen LogP contribution is -2.27. The van der Waals surface area contributed by atoms with Gasteiger partial charge in [-0.3, -0.25) is 14.2 Å². The number of amides is 1. The summed E-state index contributed by atoms with van der Waals surface area (Å²) in [5.74, 6) is -1.49. The van der Waals surface area contributed by atoms with Crippen LogP contribution >= 0.6 is 0 Å². The van der Waals surface area contributed by atoms with Crippen LogP contribution in [0.1, 0.15) is 41.3 Å². The lowest BCUT2D eigenvalue weighted by molar-refractivity contribution is 0.0989. The number of para-hydroxylation sites is 3. The number of halogens is 1. The van der Waals surface area contributed by atoms with Crippen LogP contribution in [0.2, 0.25) is 0 Å². The van der Waals surface area contributed by atoms with E-state index in [1.54, 1.807) is 68.4 Å².